The predicted molar refractivity (Wildman–Crippen MR) is 98.0 cm³/mol. The minimum absolute atomic E-state index is 0.0293. The van der Waals surface area contributed by atoms with E-state index >= 15 is 0 Å². The van der Waals surface area contributed by atoms with E-state index in [1.54, 1.807) is 25.1 Å². The topological polar surface area (TPSA) is 120 Å². The van der Waals surface area contributed by atoms with Gasteiger partial charge in [-0.1, -0.05) is 12.1 Å². The van der Waals surface area contributed by atoms with Gasteiger partial charge in [0.15, 0.2) is 0 Å². The van der Waals surface area contributed by atoms with Gasteiger partial charge in [0.05, 0.1) is 16.5 Å². The number of carbonyl (C=O) groups is 1. The molecule has 0 bridgehead atoms. The van der Waals surface area contributed by atoms with Crippen LogP contribution in [0.25, 0.3) is 11.0 Å². The maximum atomic E-state index is 12.5. The summed E-state index contributed by atoms with van der Waals surface area (Å²) in [5.74, 6) is -1.41. The Kier molecular flexibility index (Phi) is 4.99. The minimum atomic E-state index is -3.77. The molecule has 0 aliphatic rings. The third kappa shape index (κ3) is 3.84. The molecule has 0 aliphatic carbocycles. The van der Waals surface area contributed by atoms with Crippen molar-refractivity contribution < 1.29 is 22.7 Å². The molecule has 138 valence electrons. The van der Waals surface area contributed by atoms with Gasteiger partial charge < -0.3 is 9.52 Å². The summed E-state index contributed by atoms with van der Waals surface area (Å²) >= 11 is 0. The molecule has 0 unspecified atom stereocenters. The highest BCUT2D eigenvalue weighted by Gasteiger charge is 2.20. The zero-order valence-corrected chi connectivity index (χ0v) is 15.2. The lowest BCUT2D eigenvalue weighted by atomic mass is 10.1. The molecule has 3 aromatic rings. The van der Waals surface area contributed by atoms with E-state index in [-0.39, 0.29) is 17.2 Å². The third-order valence-electron chi connectivity index (χ3n) is 4.17. The highest BCUT2D eigenvalue weighted by atomic mass is 32.2. The number of nitrogens with one attached hydrogen (secondary N) is 1. The first-order valence-electron chi connectivity index (χ1n) is 8.07. The zero-order chi connectivity index (χ0) is 19.6. The number of hydrogen-bond donors (Lipinski definition) is 2. The summed E-state index contributed by atoms with van der Waals surface area (Å²) in [7, 11) is -3.77. The molecule has 1 heterocycles. The number of sulfonamides is 1. The number of aromatic carboxylic acids is 1. The molecule has 0 radical (unpaired) electrons. The van der Waals surface area contributed by atoms with Gasteiger partial charge in [-0.2, -0.15) is 5.26 Å². The van der Waals surface area contributed by atoms with Crippen molar-refractivity contribution in [3.05, 3.63) is 64.9 Å². The standard InChI is InChI=1S/C19H16N2O5S/c1-12-16-10-15(5-6-17(16)26-18(12)19(22)23)27(24,25)21-8-7-13-3-2-4-14(9-13)11-20/h2-6,9-10,21H,7-8H2,1H3,(H,22,23). The van der Waals surface area contributed by atoms with Gasteiger partial charge in [0, 0.05) is 17.5 Å². The largest absolute Gasteiger partial charge is 0.475 e. The van der Waals surface area contributed by atoms with Crippen molar-refractivity contribution in [1.82, 2.24) is 4.72 Å². The van der Waals surface area contributed by atoms with E-state index in [9.17, 15) is 13.2 Å². The fourth-order valence-corrected chi connectivity index (χ4v) is 3.84. The average molecular weight is 384 g/mol. The van der Waals surface area contributed by atoms with Crippen molar-refractivity contribution >= 4 is 27.0 Å². The summed E-state index contributed by atoms with van der Waals surface area (Å²) in [5.41, 5.74) is 2.06. The number of furan rings is 1. The second-order valence-electron chi connectivity index (χ2n) is 5.98. The number of aryl methyl sites for hydroxylation is 1. The Balaban J connectivity index is 1.79. The molecule has 0 spiro atoms. The normalized spacial score (nSPS) is 11.4. The first-order chi connectivity index (χ1) is 12.8. The molecule has 8 heteroatoms. The molecule has 0 amide bonds. The SMILES string of the molecule is Cc1c(C(=O)O)oc2ccc(S(=O)(=O)NCCc3cccc(C#N)c3)cc12. The van der Waals surface area contributed by atoms with E-state index in [2.05, 4.69) is 4.72 Å². The Labute approximate surface area is 155 Å². The molecule has 7 nitrogen and oxygen atoms in total. The van der Waals surface area contributed by atoms with Crippen LogP contribution in [0.15, 0.2) is 51.8 Å². The van der Waals surface area contributed by atoms with E-state index in [1.807, 2.05) is 12.1 Å². The lowest BCUT2D eigenvalue weighted by molar-refractivity contribution is 0.0664. The number of rotatable bonds is 6. The molecule has 3 rings (SSSR count). The minimum Gasteiger partial charge on any atom is -0.475 e. The number of nitriles is 1. The molecular formula is C19H16N2O5S. The Bertz CT molecular complexity index is 1170. The molecule has 0 saturated carbocycles. The van der Waals surface area contributed by atoms with Crippen LogP contribution in [0.3, 0.4) is 0 Å². The van der Waals surface area contributed by atoms with Crippen LogP contribution in [-0.4, -0.2) is 26.0 Å². The average Bonchev–Trinajstić information content (AvgIpc) is 2.98. The maximum absolute atomic E-state index is 12.5. The highest BCUT2D eigenvalue weighted by Crippen LogP contribution is 2.27. The Morgan fingerprint density at radius 2 is 2.04 bits per heavy atom. The number of nitrogens with zero attached hydrogens (tertiary/aromatic N) is 1. The smallest absolute Gasteiger partial charge is 0.372 e. The molecular weight excluding hydrogens is 368 g/mol. The summed E-state index contributed by atoms with van der Waals surface area (Å²) < 4.78 is 32.8. The van der Waals surface area contributed by atoms with Gasteiger partial charge in [-0.25, -0.2) is 17.9 Å². The van der Waals surface area contributed by atoms with Gasteiger partial charge in [-0.05, 0) is 49.2 Å². The van der Waals surface area contributed by atoms with E-state index in [0.29, 0.717) is 28.5 Å². The van der Waals surface area contributed by atoms with Gasteiger partial charge in [-0.3, -0.25) is 0 Å². The number of benzene rings is 2. The van der Waals surface area contributed by atoms with Crippen LogP contribution in [0.4, 0.5) is 0 Å². The maximum Gasteiger partial charge on any atom is 0.372 e. The van der Waals surface area contributed by atoms with Crippen molar-refractivity contribution in [3.63, 3.8) is 0 Å². The monoisotopic (exact) mass is 384 g/mol. The van der Waals surface area contributed by atoms with Crippen LogP contribution in [0.5, 0.6) is 0 Å². The van der Waals surface area contributed by atoms with Crippen LogP contribution in [0, 0.1) is 18.3 Å². The summed E-state index contributed by atoms with van der Waals surface area (Å²) in [6.45, 7) is 1.74. The number of carboxylic acids is 1. The van der Waals surface area contributed by atoms with E-state index in [4.69, 9.17) is 14.8 Å². The number of carboxylic acid groups (broad SMARTS) is 1. The Hall–Kier alpha value is -3.15. The van der Waals surface area contributed by atoms with Gasteiger partial charge in [0.1, 0.15) is 5.58 Å². The van der Waals surface area contributed by atoms with Crippen LogP contribution < -0.4 is 4.72 Å². The van der Waals surface area contributed by atoms with Gasteiger partial charge in [0.25, 0.3) is 0 Å². The Morgan fingerprint density at radius 1 is 1.26 bits per heavy atom. The zero-order valence-electron chi connectivity index (χ0n) is 14.4. The molecule has 0 aliphatic heterocycles. The Morgan fingerprint density at radius 3 is 2.74 bits per heavy atom. The molecule has 2 N–H and O–H groups in total. The molecule has 0 fully saturated rings. The molecule has 0 atom stereocenters. The number of hydrogen-bond acceptors (Lipinski definition) is 5. The van der Waals surface area contributed by atoms with Crippen molar-refractivity contribution in [1.29, 1.82) is 5.26 Å². The van der Waals surface area contributed by atoms with Gasteiger partial charge >= 0.3 is 5.97 Å². The molecule has 2 aromatic carbocycles. The second kappa shape index (κ2) is 7.23. The first kappa shape index (κ1) is 18.6. The summed E-state index contributed by atoms with van der Waals surface area (Å²) in [6.07, 6.45) is 0.435. The van der Waals surface area contributed by atoms with E-state index in [1.165, 1.54) is 18.2 Å². The van der Waals surface area contributed by atoms with Crippen molar-refractivity contribution in [3.8, 4) is 6.07 Å². The summed E-state index contributed by atoms with van der Waals surface area (Å²) in [5, 5.41) is 18.5. The van der Waals surface area contributed by atoms with Crippen LogP contribution >= 0.6 is 0 Å². The highest BCUT2D eigenvalue weighted by molar-refractivity contribution is 7.89. The number of fused-ring (bicyclic) bond motifs is 1. The second-order valence-corrected chi connectivity index (χ2v) is 7.75. The molecule has 1 aromatic heterocycles. The predicted octanol–water partition coefficient (Wildman–Crippen LogP) is 2.83. The lowest BCUT2D eigenvalue weighted by Gasteiger charge is -2.07. The van der Waals surface area contributed by atoms with Crippen LogP contribution in [-0.2, 0) is 16.4 Å². The van der Waals surface area contributed by atoms with Crippen LogP contribution in [0.1, 0.15) is 27.2 Å². The van der Waals surface area contributed by atoms with Gasteiger partial charge in [-0.15, -0.1) is 0 Å². The van der Waals surface area contributed by atoms with Crippen LogP contribution in [0.2, 0.25) is 0 Å². The van der Waals surface area contributed by atoms with Gasteiger partial charge in [0.2, 0.25) is 15.8 Å². The van der Waals surface area contributed by atoms with Crippen molar-refractivity contribution in [2.24, 2.45) is 0 Å². The van der Waals surface area contributed by atoms with E-state index in [0.717, 1.165) is 5.56 Å². The van der Waals surface area contributed by atoms with Crippen molar-refractivity contribution in [2.75, 3.05) is 6.54 Å². The first-order valence-corrected chi connectivity index (χ1v) is 9.55. The third-order valence-corrected chi connectivity index (χ3v) is 5.63. The van der Waals surface area contributed by atoms with Crippen molar-refractivity contribution in [2.45, 2.75) is 18.2 Å². The summed E-state index contributed by atoms with van der Waals surface area (Å²) in [4.78, 5) is 11.2. The molecule has 27 heavy (non-hydrogen) atoms. The summed E-state index contributed by atoms with van der Waals surface area (Å²) in [6, 6.07) is 13.2. The fourth-order valence-electron chi connectivity index (χ4n) is 2.78. The molecule has 0 saturated heterocycles. The fraction of sp³-hybridized carbons (Fsp3) is 0.158. The van der Waals surface area contributed by atoms with E-state index < -0.39 is 16.0 Å². The lowest BCUT2D eigenvalue weighted by Crippen LogP contribution is -2.26. The quantitative estimate of drug-likeness (QED) is 0.674.